The molecule has 4 N–H and O–H groups in total. The number of hydrogen-bond donors (Lipinski definition) is 3. The first-order valence-corrected chi connectivity index (χ1v) is 8.42. The first-order valence-electron chi connectivity index (χ1n) is 5.33. The summed E-state index contributed by atoms with van der Waals surface area (Å²) in [5, 5.41) is 12.0. The van der Waals surface area contributed by atoms with Crippen molar-refractivity contribution >= 4 is 31.7 Å². The number of rotatable bonds is 5. The second-order valence-electron chi connectivity index (χ2n) is 4.15. The summed E-state index contributed by atoms with van der Waals surface area (Å²) in [5.74, 6) is -1.52. The fraction of sp³-hybridized carbons (Fsp3) is 0.300. The molecule has 0 heterocycles. The monoisotopic (exact) mass is 322 g/mol. The van der Waals surface area contributed by atoms with Crippen molar-refractivity contribution in [1.82, 2.24) is 0 Å². The normalized spacial score (nSPS) is 13.8. The molecule has 1 unspecified atom stereocenters. The minimum Gasteiger partial charge on any atom is -0.480 e. The molecule has 0 bridgehead atoms. The Morgan fingerprint density at radius 2 is 1.85 bits per heavy atom. The van der Waals surface area contributed by atoms with E-state index in [4.69, 9.17) is 10.2 Å². The van der Waals surface area contributed by atoms with Gasteiger partial charge >= 0.3 is 5.97 Å². The predicted molar refractivity (Wildman–Crippen MR) is 72.2 cm³/mol. The van der Waals surface area contributed by atoms with Gasteiger partial charge in [0.2, 0.25) is 20.0 Å². The van der Waals surface area contributed by atoms with Crippen molar-refractivity contribution in [3.05, 3.63) is 23.8 Å². The number of primary sulfonamides is 1. The molecule has 1 aromatic carbocycles. The Labute approximate surface area is 116 Å². The number of carboxylic acid groups (broad SMARTS) is 1. The van der Waals surface area contributed by atoms with Gasteiger partial charge in [0, 0.05) is 0 Å². The van der Waals surface area contributed by atoms with Crippen LogP contribution in [-0.2, 0) is 24.8 Å². The van der Waals surface area contributed by atoms with Gasteiger partial charge in [0.15, 0.2) is 5.25 Å². The van der Waals surface area contributed by atoms with Gasteiger partial charge in [-0.05, 0) is 31.5 Å². The molecule has 1 rings (SSSR count). The maximum atomic E-state index is 11.8. The van der Waals surface area contributed by atoms with E-state index in [0.717, 1.165) is 13.0 Å². The van der Waals surface area contributed by atoms with Crippen molar-refractivity contribution < 1.29 is 26.7 Å². The number of carbonyl (C=O) groups is 1. The second kappa shape index (κ2) is 5.38. The van der Waals surface area contributed by atoms with Crippen LogP contribution < -0.4 is 9.86 Å². The Hall–Kier alpha value is -1.65. The molecule has 0 fully saturated rings. The van der Waals surface area contributed by atoms with Crippen LogP contribution in [0.2, 0.25) is 0 Å². The van der Waals surface area contributed by atoms with Crippen LogP contribution in [-0.4, -0.2) is 33.2 Å². The van der Waals surface area contributed by atoms with E-state index in [2.05, 4.69) is 4.72 Å². The molecule has 0 radical (unpaired) electrons. The molecule has 1 aromatic rings. The highest BCUT2D eigenvalue weighted by molar-refractivity contribution is 7.94. The summed E-state index contributed by atoms with van der Waals surface area (Å²) in [6, 6.07) is 3.63. The molecule has 0 aliphatic rings. The molecule has 0 saturated heterocycles. The summed E-state index contributed by atoms with van der Waals surface area (Å²) in [5.41, 5.74) is 0.392. The molecule has 0 aliphatic heterocycles. The third-order valence-electron chi connectivity index (χ3n) is 2.60. The van der Waals surface area contributed by atoms with Gasteiger partial charge in [0.1, 0.15) is 0 Å². The molecule has 0 spiro atoms. The number of sulfonamides is 2. The second-order valence-corrected chi connectivity index (χ2v) is 7.71. The number of hydrogen-bond acceptors (Lipinski definition) is 5. The maximum Gasteiger partial charge on any atom is 0.323 e. The number of nitrogens with one attached hydrogen (secondary N) is 1. The van der Waals surface area contributed by atoms with E-state index >= 15 is 0 Å². The molecular formula is C10H14N2O6S2. The van der Waals surface area contributed by atoms with E-state index in [9.17, 15) is 21.6 Å². The highest BCUT2D eigenvalue weighted by Crippen LogP contribution is 2.21. The Morgan fingerprint density at radius 3 is 2.30 bits per heavy atom. The van der Waals surface area contributed by atoms with E-state index in [1.54, 1.807) is 0 Å². The summed E-state index contributed by atoms with van der Waals surface area (Å²) < 4.78 is 48.0. The number of benzene rings is 1. The molecule has 0 amide bonds. The quantitative estimate of drug-likeness (QED) is 0.688. The highest BCUT2D eigenvalue weighted by Gasteiger charge is 2.28. The highest BCUT2D eigenvalue weighted by atomic mass is 32.2. The van der Waals surface area contributed by atoms with Gasteiger partial charge in [0.25, 0.3) is 0 Å². The van der Waals surface area contributed by atoms with Crippen LogP contribution in [0.5, 0.6) is 0 Å². The van der Waals surface area contributed by atoms with Crippen molar-refractivity contribution in [2.45, 2.75) is 24.0 Å². The molecular weight excluding hydrogens is 308 g/mol. The fourth-order valence-corrected chi connectivity index (χ4v) is 2.77. The number of aryl methyl sites for hydroxylation is 1. The summed E-state index contributed by atoms with van der Waals surface area (Å²) in [7, 11) is -8.17. The van der Waals surface area contributed by atoms with Crippen molar-refractivity contribution in [2.75, 3.05) is 4.72 Å². The number of anilines is 1. The zero-order valence-corrected chi connectivity index (χ0v) is 12.3. The fourth-order valence-electron chi connectivity index (χ4n) is 1.26. The first kappa shape index (κ1) is 16.4. The summed E-state index contributed by atoms with van der Waals surface area (Å²) >= 11 is 0. The lowest BCUT2D eigenvalue weighted by Crippen LogP contribution is -2.32. The van der Waals surface area contributed by atoms with Crippen LogP contribution in [0.4, 0.5) is 5.69 Å². The van der Waals surface area contributed by atoms with Crippen molar-refractivity contribution in [3.63, 3.8) is 0 Å². The third kappa shape index (κ3) is 3.68. The van der Waals surface area contributed by atoms with Gasteiger partial charge in [-0.3, -0.25) is 9.52 Å². The van der Waals surface area contributed by atoms with Crippen molar-refractivity contribution in [1.29, 1.82) is 0 Å². The molecule has 0 aromatic heterocycles. The maximum absolute atomic E-state index is 11.8. The van der Waals surface area contributed by atoms with Crippen LogP contribution in [0.3, 0.4) is 0 Å². The van der Waals surface area contributed by atoms with E-state index < -0.39 is 31.3 Å². The largest absolute Gasteiger partial charge is 0.480 e. The number of aliphatic carboxylic acids is 1. The average molecular weight is 322 g/mol. The average Bonchev–Trinajstić information content (AvgIpc) is 2.29. The molecule has 112 valence electrons. The van der Waals surface area contributed by atoms with E-state index in [-0.39, 0.29) is 10.6 Å². The van der Waals surface area contributed by atoms with Crippen LogP contribution in [0.25, 0.3) is 0 Å². The van der Waals surface area contributed by atoms with Gasteiger partial charge in [-0.1, -0.05) is 6.07 Å². The smallest absolute Gasteiger partial charge is 0.323 e. The lowest BCUT2D eigenvalue weighted by atomic mass is 10.2. The Kier molecular flexibility index (Phi) is 4.42. The molecule has 1 atom stereocenters. The molecule has 0 aliphatic carbocycles. The van der Waals surface area contributed by atoms with Crippen LogP contribution in [0.15, 0.2) is 23.1 Å². The lowest BCUT2D eigenvalue weighted by Gasteiger charge is -2.14. The van der Waals surface area contributed by atoms with E-state index in [0.29, 0.717) is 5.56 Å². The molecule has 8 nitrogen and oxygen atoms in total. The van der Waals surface area contributed by atoms with Crippen LogP contribution in [0, 0.1) is 6.92 Å². The SMILES string of the molecule is Cc1ccc(S(N)(=O)=O)cc1NS(=O)(=O)C(C)C(=O)O. The third-order valence-corrected chi connectivity index (χ3v) is 5.15. The number of carboxylic acids is 1. The first-order chi connectivity index (χ1) is 8.95. The zero-order chi connectivity index (χ0) is 15.7. The summed E-state index contributed by atoms with van der Waals surface area (Å²) in [4.78, 5) is 10.4. The Bertz CT molecular complexity index is 739. The van der Waals surface area contributed by atoms with Crippen LogP contribution >= 0.6 is 0 Å². The lowest BCUT2D eigenvalue weighted by molar-refractivity contribution is -0.136. The molecule has 20 heavy (non-hydrogen) atoms. The van der Waals surface area contributed by atoms with E-state index in [1.165, 1.54) is 19.1 Å². The molecule has 0 saturated carbocycles. The van der Waals surface area contributed by atoms with Gasteiger partial charge in [-0.25, -0.2) is 22.0 Å². The minimum absolute atomic E-state index is 0.0374. The van der Waals surface area contributed by atoms with Gasteiger partial charge < -0.3 is 5.11 Å². The summed E-state index contributed by atoms with van der Waals surface area (Å²) in [6.07, 6.45) is 0. The topological polar surface area (TPSA) is 144 Å². The van der Waals surface area contributed by atoms with Gasteiger partial charge in [-0.2, -0.15) is 0 Å². The van der Waals surface area contributed by atoms with Crippen molar-refractivity contribution in [3.8, 4) is 0 Å². The van der Waals surface area contributed by atoms with Gasteiger partial charge in [-0.15, -0.1) is 0 Å². The Balaban J connectivity index is 3.26. The summed E-state index contributed by atoms with van der Waals surface area (Å²) in [6.45, 7) is 2.54. The zero-order valence-electron chi connectivity index (χ0n) is 10.7. The molecule has 10 heteroatoms. The van der Waals surface area contributed by atoms with Crippen LogP contribution in [0.1, 0.15) is 12.5 Å². The van der Waals surface area contributed by atoms with Crippen molar-refractivity contribution in [2.24, 2.45) is 5.14 Å². The van der Waals surface area contributed by atoms with Gasteiger partial charge in [0.05, 0.1) is 10.6 Å². The number of nitrogens with two attached hydrogens (primary N) is 1. The Morgan fingerprint density at radius 1 is 1.30 bits per heavy atom. The predicted octanol–water partition coefficient (Wildman–Crippen LogP) is -0.143. The van der Waals surface area contributed by atoms with E-state index in [1.807, 2.05) is 0 Å². The minimum atomic E-state index is -4.18. The standard InChI is InChI=1S/C10H14N2O6S2/c1-6-3-4-8(19(11,15)16)5-9(6)12-20(17,18)7(2)10(13)14/h3-5,7,12H,1-2H3,(H,13,14)(H2,11,15,16).